The summed E-state index contributed by atoms with van der Waals surface area (Å²) in [6.45, 7) is 0. The molecule has 0 saturated heterocycles. The topological polar surface area (TPSA) is 91.3 Å². The number of halogens is 1. The number of rotatable bonds is 3. The van der Waals surface area contributed by atoms with Gasteiger partial charge in [-0.2, -0.15) is 4.98 Å². The summed E-state index contributed by atoms with van der Waals surface area (Å²) in [6, 6.07) is 8.79. The second-order valence-corrected chi connectivity index (χ2v) is 3.81. The van der Waals surface area contributed by atoms with Crippen molar-refractivity contribution in [2.24, 2.45) is 0 Å². The molecule has 2 rings (SSSR count). The largest absolute Gasteiger partial charge is 0.432 e. The van der Waals surface area contributed by atoms with E-state index in [1.165, 1.54) is 18.2 Å². The minimum atomic E-state index is -0.558. The molecule has 2 N–H and O–H groups in total. The predicted molar refractivity (Wildman–Crippen MR) is 66.8 cm³/mol. The molecule has 0 bridgehead atoms. The van der Waals surface area contributed by atoms with Crippen molar-refractivity contribution in [3.8, 4) is 11.6 Å². The first kappa shape index (κ1) is 12.1. The fraction of sp³-hybridized carbons (Fsp3) is 0. The molecule has 7 heteroatoms. The number of aromatic nitrogens is 1. The maximum atomic E-state index is 10.8. The lowest BCUT2D eigenvalue weighted by atomic mass is 10.3. The average molecular weight is 266 g/mol. The van der Waals surface area contributed by atoms with E-state index in [9.17, 15) is 10.1 Å². The van der Waals surface area contributed by atoms with Gasteiger partial charge in [-0.25, -0.2) is 0 Å². The van der Waals surface area contributed by atoms with E-state index in [2.05, 4.69) is 4.98 Å². The van der Waals surface area contributed by atoms with Crippen LogP contribution in [-0.4, -0.2) is 9.91 Å². The number of pyridine rings is 1. The van der Waals surface area contributed by atoms with Gasteiger partial charge in [0.15, 0.2) is 0 Å². The van der Waals surface area contributed by atoms with Gasteiger partial charge < -0.3 is 10.5 Å². The number of benzene rings is 1. The van der Waals surface area contributed by atoms with E-state index in [0.717, 1.165) is 0 Å². The van der Waals surface area contributed by atoms with Crippen molar-refractivity contribution in [3.05, 3.63) is 51.5 Å². The van der Waals surface area contributed by atoms with Crippen LogP contribution in [0.1, 0.15) is 0 Å². The number of hydrogen-bond acceptors (Lipinski definition) is 5. The predicted octanol–water partition coefficient (Wildman–Crippen LogP) is 3.02. The van der Waals surface area contributed by atoms with Crippen LogP contribution in [0.2, 0.25) is 5.02 Å². The lowest BCUT2D eigenvalue weighted by Gasteiger charge is -2.06. The van der Waals surface area contributed by atoms with Gasteiger partial charge in [0.2, 0.25) is 11.6 Å². The van der Waals surface area contributed by atoms with Crippen LogP contribution in [0.5, 0.6) is 11.6 Å². The molecule has 0 aliphatic carbocycles. The minimum absolute atomic E-state index is 0.0191. The van der Waals surface area contributed by atoms with E-state index in [-0.39, 0.29) is 23.1 Å². The van der Waals surface area contributed by atoms with Gasteiger partial charge in [0.1, 0.15) is 5.82 Å². The molecule has 0 unspecified atom stereocenters. The van der Waals surface area contributed by atoms with Crippen molar-refractivity contribution in [2.75, 3.05) is 5.73 Å². The number of anilines is 1. The summed E-state index contributed by atoms with van der Waals surface area (Å²) in [5.41, 5.74) is 5.30. The molecule has 18 heavy (non-hydrogen) atoms. The van der Waals surface area contributed by atoms with Crippen LogP contribution in [0, 0.1) is 10.1 Å². The van der Waals surface area contributed by atoms with Gasteiger partial charge >= 0.3 is 5.69 Å². The van der Waals surface area contributed by atoms with Crippen molar-refractivity contribution in [3.63, 3.8) is 0 Å². The van der Waals surface area contributed by atoms with Crippen molar-refractivity contribution >= 4 is 23.1 Å². The number of nitrogen functional groups attached to an aromatic ring is 1. The Kier molecular flexibility index (Phi) is 3.29. The first-order valence-electron chi connectivity index (χ1n) is 4.90. The molecule has 0 fully saturated rings. The summed E-state index contributed by atoms with van der Waals surface area (Å²) >= 11 is 5.77. The van der Waals surface area contributed by atoms with Crippen molar-refractivity contribution in [1.82, 2.24) is 4.98 Å². The van der Waals surface area contributed by atoms with Crippen LogP contribution in [-0.2, 0) is 0 Å². The fourth-order valence-corrected chi connectivity index (χ4v) is 1.48. The number of nitrogens with two attached hydrogens (primary N) is 1. The highest BCUT2D eigenvalue weighted by Gasteiger charge is 2.16. The maximum Gasteiger partial charge on any atom is 0.311 e. The van der Waals surface area contributed by atoms with Crippen LogP contribution >= 0.6 is 11.6 Å². The monoisotopic (exact) mass is 265 g/mol. The van der Waals surface area contributed by atoms with Crippen LogP contribution in [0.4, 0.5) is 11.5 Å². The molecular formula is C11H8ClN3O3. The second-order valence-electron chi connectivity index (χ2n) is 3.37. The molecule has 0 saturated carbocycles. The Morgan fingerprint density at radius 1 is 1.33 bits per heavy atom. The Morgan fingerprint density at radius 3 is 2.78 bits per heavy atom. The molecular weight excluding hydrogens is 258 g/mol. The summed E-state index contributed by atoms with van der Waals surface area (Å²) in [7, 11) is 0. The number of nitrogens with zero attached hydrogens (tertiary/aromatic N) is 2. The third-order valence-electron chi connectivity index (χ3n) is 2.08. The minimum Gasteiger partial charge on any atom is -0.432 e. The normalized spacial score (nSPS) is 10.1. The zero-order valence-electron chi connectivity index (χ0n) is 9.04. The molecule has 6 nitrogen and oxygen atoms in total. The summed E-state index contributed by atoms with van der Waals surface area (Å²) < 4.78 is 5.32. The molecule has 1 heterocycles. The SMILES string of the molecule is Nc1cccc(Oc2cc(Cl)ccc2[N+](=O)[O-])n1. The van der Waals surface area contributed by atoms with E-state index in [1.807, 2.05) is 0 Å². The van der Waals surface area contributed by atoms with Gasteiger partial charge in [-0.3, -0.25) is 10.1 Å². The second kappa shape index (κ2) is 4.89. The first-order valence-corrected chi connectivity index (χ1v) is 5.28. The van der Waals surface area contributed by atoms with Crippen LogP contribution in [0.3, 0.4) is 0 Å². The molecule has 0 amide bonds. The number of hydrogen-bond donors (Lipinski definition) is 1. The number of nitro groups is 1. The zero-order chi connectivity index (χ0) is 13.1. The Labute approximate surface area is 107 Å². The maximum absolute atomic E-state index is 10.8. The van der Waals surface area contributed by atoms with Crippen molar-refractivity contribution < 1.29 is 9.66 Å². The smallest absolute Gasteiger partial charge is 0.311 e. The van der Waals surface area contributed by atoms with Gasteiger partial charge in [0, 0.05) is 23.2 Å². The molecule has 1 aromatic carbocycles. The van der Waals surface area contributed by atoms with E-state index in [0.29, 0.717) is 5.02 Å². The zero-order valence-corrected chi connectivity index (χ0v) is 9.79. The number of ether oxygens (including phenoxy) is 1. The van der Waals surface area contributed by atoms with Crippen LogP contribution < -0.4 is 10.5 Å². The molecule has 0 atom stereocenters. The summed E-state index contributed by atoms with van der Waals surface area (Å²) in [5, 5.41) is 11.2. The van der Waals surface area contributed by atoms with Crippen molar-refractivity contribution in [2.45, 2.75) is 0 Å². The lowest BCUT2D eigenvalue weighted by Crippen LogP contribution is -1.96. The Bertz CT molecular complexity index is 604. The molecule has 1 aromatic heterocycles. The van der Waals surface area contributed by atoms with E-state index >= 15 is 0 Å². The highest BCUT2D eigenvalue weighted by atomic mass is 35.5. The van der Waals surface area contributed by atoms with Crippen LogP contribution in [0.25, 0.3) is 0 Å². The average Bonchev–Trinajstić information content (AvgIpc) is 2.28. The fourth-order valence-electron chi connectivity index (χ4n) is 1.32. The quantitative estimate of drug-likeness (QED) is 0.680. The lowest BCUT2D eigenvalue weighted by molar-refractivity contribution is -0.385. The van der Waals surface area contributed by atoms with Gasteiger partial charge in [0.05, 0.1) is 4.92 Å². The van der Waals surface area contributed by atoms with E-state index in [4.69, 9.17) is 22.1 Å². The third kappa shape index (κ3) is 2.67. The highest BCUT2D eigenvalue weighted by molar-refractivity contribution is 6.30. The van der Waals surface area contributed by atoms with E-state index in [1.54, 1.807) is 18.2 Å². The molecule has 0 aliphatic heterocycles. The third-order valence-corrected chi connectivity index (χ3v) is 2.31. The molecule has 2 aromatic rings. The molecule has 92 valence electrons. The summed E-state index contributed by atoms with van der Waals surface area (Å²) in [5.74, 6) is 0.447. The molecule has 0 radical (unpaired) electrons. The molecule has 0 spiro atoms. The Morgan fingerprint density at radius 2 is 2.11 bits per heavy atom. The summed E-state index contributed by atoms with van der Waals surface area (Å²) in [6.07, 6.45) is 0. The van der Waals surface area contributed by atoms with Crippen LogP contribution in [0.15, 0.2) is 36.4 Å². The highest BCUT2D eigenvalue weighted by Crippen LogP contribution is 2.33. The van der Waals surface area contributed by atoms with Gasteiger partial charge in [-0.15, -0.1) is 0 Å². The number of nitro benzene ring substituents is 1. The Balaban J connectivity index is 2.39. The van der Waals surface area contributed by atoms with E-state index < -0.39 is 4.92 Å². The van der Waals surface area contributed by atoms with Gasteiger partial charge in [-0.1, -0.05) is 17.7 Å². The molecule has 0 aliphatic rings. The first-order chi connectivity index (χ1) is 8.56. The van der Waals surface area contributed by atoms with Gasteiger partial charge in [0.25, 0.3) is 0 Å². The Hall–Kier alpha value is -2.34. The van der Waals surface area contributed by atoms with Crippen molar-refractivity contribution in [1.29, 1.82) is 0 Å². The standard InChI is InChI=1S/C11H8ClN3O3/c12-7-4-5-8(15(16)17)9(6-7)18-11-3-1-2-10(13)14-11/h1-6H,(H2,13,14). The summed E-state index contributed by atoms with van der Waals surface area (Å²) in [4.78, 5) is 14.2. The van der Waals surface area contributed by atoms with Gasteiger partial charge in [-0.05, 0) is 12.1 Å².